The monoisotopic (exact) mass is 353 g/mol. The van der Waals surface area contributed by atoms with Gasteiger partial charge in [-0.3, -0.25) is 4.57 Å². The van der Waals surface area contributed by atoms with Crippen LogP contribution in [0.1, 0.15) is 12.6 Å². The number of imidazole rings is 1. The Hall–Kier alpha value is -2.83. The minimum atomic E-state index is -2.03. The molecule has 3 atom stereocenters. The van der Waals surface area contributed by atoms with E-state index in [2.05, 4.69) is 15.0 Å². The number of nitrogens with zero attached hydrogens (tertiary/aromatic N) is 4. The Kier molecular flexibility index (Phi) is 4.48. The Labute approximate surface area is 139 Å². The van der Waals surface area contributed by atoms with E-state index >= 15 is 0 Å². The van der Waals surface area contributed by atoms with Crippen LogP contribution >= 0.6 is 0 Å². The van der Waals surface area contributed by atoms with E-state index in [9.17, 15) is 14.7 Å². The summed E-state index contributed by atoms with van der Waals surface area (Å²) in [5.74, 6) is -3.07. The summed E-state index contributed by atoms with van der Waals surface area (Å²) >= 11 is 0. The van der Waals surface area contributed by atoms with Crippen LogP contribution in [0, 0.1) is 0 Å². The number of nitrogen functional groups attached to an aromatic ring is 1. The summed E-state index contributed by atoms with van der Waals surface area (Å²) in [6, 6.07) is 0. The van der Waals surface area contributed by atoms with Gasteiger partial charge in [-0.2, -0.15) is 0 Å². The van der Waals surface area contributed by atoms with Crippen molar-refractivity contribution in [1.82, 2.24) is 19.5 Å². The van der Waals surface area contributed by atoms with E-state index in [-0.39, 0.29) is 12.2 Å². The first-order valence-corrected chi connectivity index (χ1v) is 7.22. The molecule has 1 aliphatic rings. The van der Waals surface area contributed by atoms with E-state index in [0.717, 1.165) is 0 Å². The largest absolute Gasteiger partial charge is 0.479 e. The second-order valence-electron chi connectivity index (χ2n) is 5.41. The lowest BCUT2D eigenvalue weighted by Gasteiger charge is -2.17. The fourth-order valence-corrected chi connectivity index (χ4v) is 2.56. The Morgan fingerprint density at radius 3 is 2.76 bits per heavy atom. The van der Waals surface area contributed by atoms with E-state index in [0.29, 0.717) is 11.2 Å². The highest BCUT2D eigenvalue weighted by molar-refractivity contribution is 5.96. The molecule has 0 spiro atoms. The third kappa shape index (κ3) is 3.22. The van der Waals surface area contributed by atoms with Gasteiger partial charge < -0.3 is 30.5 Å². The van der Waals surface area contributed by atoms with Crippen molar-refractivity contribution in [2.24, 2.45) is 0 Å². The number of aromatic nitrogens is 4. The molecule has 2 aromatic rings. The number of anilines is 1. The molecule has 0 amide bonds. The molecule has 0 aromatic carbocycles. The van der Waals surface area contributed by atoms with Gasteiger partial charge in [0.15, 0.2) is 11.5 Å². The van der Waals surface area contributed by atoms with Crippen molar-refractivity contribution in [3.05, 3.63) is 12.7 Å². The number of rotatable bonds is 6. The van der Waals surface area contributed by atoms with E-state index in [1.807, 2.05) is 0 Å². The lowest BCUT2D eigenvalue weighted by molar-refractivity contribution is -0.170. The maximum Gasteiger partial charge on any atom is 0.344 e. The number of carboxylic acid groups (broad SMARTS) is 2. The number of fused-ring (bicyclic) bond motifs is 1. The molecule has 25 heavy (non-hydrogen) atoms. The van der Waals surface area contributed by atoms with Gasteiger partial charge in [-0.25, -0.2) is 24.5 Å². The van der Waals surface area contributed by atoms with Crippen LogP contribution in [0.2, 0.25) is 0 Å². The first kappa shape index (κ1) is 17.0. The van der Waals surface area contributed by atoms with E-state index in [1.54, 1.807) is 4.57 Å². The van der Waals surface area contributed by atoms with Crippen molar-refractivity contribution in [3.63, 3.8) is 0 Å². The normalized spacial score (nSPS) is 23.4. The molecule has 1 fully saturated rings. The average Bonchev–Trinajstić information content (AvgIpc) is 3.11. The summed E-state index contributed by atoms with van der Waals surface area (Å²) in [6.45, 7) is -0.398. The summed E-state index contributed by atoms with van der Waals surface area (Å²) in [5, 5.41) is 27.6. The first-order valence-electron chi connectivity index (χ1n) is 7.22. The van der Waals surface area contributed by atoms with Gasteiger partial charge in [0.2, 0.25) is 0 Å². The number of ether oxygens (including phenoxy) is 2. The van der Waals surface area contributed by atoms with Crippen molar-refractivity contribution in [1.29, 1.82) is 0 Å². The molecule has 134 valence electrons. The molecule has 0 bridgehead atoms. The molecule has 5 N–H and O–H groups in total. The fourth-order valence-electron chi connectivity index (χ4n) is 2.56. The number of nitrogens with two attached hydrogens (primary N) is 1. The van der Waals surface area contributed by atoms with E-state index in [4.69, 9.17) is 25.4 Å². The minimum Gasteiger partial charge on any atom is -0.479 e. The van der Waals surface area contributed by atoms with Gasteiger partial charge in [0.25, 0.3) is 6.10 Å². The molecule has 0 radical (unpaired) electrons. The van der Waals surface area contributed by atoms with Crippen LogP contribution in [-0.2, 0) is 19.1 Å². The molecular weight excluding hydrogens is 338 g/mol. The molecule has 3 heterocycles. The Morgan fingerprint density at radius 1 is 1.36 bits per heavy atom. The Morgan fingerprint density at radius 2 is 2.08 bits per heavy atom. The van der Waals surface area contributed by atoms with Crippen LogP contribution < -0.4 is 5.73 Å². The standard InChI is InChI=1S/C13H15N5O7/c14-10-8-11(16-3-15-10)18(4-17-8)7-1-5(19)6(25-7)2-24-9(12(20)21)13(22)23/h3-7,9,19H,1-2H2,(H,20,21)(H,22,23)(H2,14,15,16)/t5-,6+,7+/m0/s1. The van der Waals surface area contributed by atoms with Crippen molar-refractivity contribution in [3.8, 4) is 0 Å². The molecule has 12 heteroatoms. The van der Waals surface area contributed by atoms with Crippen LogP contribution in [0.4, 0.5) is 5.82 Å². The zero-order chi connectivity index (χ0) is 18.1. The van der Waals surface area contributed by atoms with Crippen LogP contribution in [0.25, 0.3) is 11.2 Å². The topological polar surface area (TPSA) is 183 Å². The van der Waals surface area contributed by atoms with Gasteiger partial charge in [0.05, 0.1) is 19.0 Å². The fraction of sp³-hybridized carbons (Fsp3) is 0.462. The second kappa shape index (κ2) is 6.58. The van der Waals surface area contributed by atoms with Gasteiger partial charge in [0.1, 0.15) is 24.2 Å². The third-order valence-corrected chi connectivity index (χ3v) is 3.78. The molecule has 0 saturated carbocycles. The molecule has 1 aliphatic heterocycles. The molecule has 3 rings (SSSR count). The highest BCUT2D eigenvalue weighted by Gasteiger charge is 2.38. The van der Waals surface area contributed by atoms with Crippen LogP contribution in [0.5, 0.6) is 0 Å². The zero-order valence-electron chi connectivity index (χ0n) is 12.7. The third-order valence-electron chi connectivity index (χ3n) is 3.78. The minimum absolute atomic E-state index is 0.161. The molecular formula is C13H15N5O7. The first-order chi connectivity index (χ1) is 11.9. The Balaban J connectivity index is 1.71. The highest BCUT2D eigenvalue weighted by Crippen LogP contribution is 2.31. The zero-order valence-corrected chi connectivity index (χ0v) is 12.7. The number of aliphatic hydroxyl groups excluding tert-OH is 1. The van der Waals surface area contributed by atoms with Crippen LogP contribution in [0.3, 0.4) is 0 Å². The predicted octanol–water partition coefficient (Wildman–Crippen LogP) is -1.39. The van der Waals surface area contributed by atoms with Gasteiger partial charge >= 0.3 is 11.9 Å². The van der Waals surface area contributed by atoms with E-state index < -0.39 is 43.1 Å². The highest BCUT2D eigenvalue weighted by atomic mass is 16.6. The number of carboxylic acids is 2. The summed E-state index contributed by atoms with van der Waals surface area (Å²) in [7, 11) is 0. The number of carbonyl (C=O) groups is 2. The number of hydrogen-bond donors (Lipinski definition) is 4. The van der Waals surface area contributed by atoms with Crippen molar-refractivity contribution in [2.45, 2.75) is 31.0 Å². The van der Waals surface area contributed by atoms with Crippen molar-refractivity contribution in [2.75, 3.05) is 12.3 Å². The number of hydrogen-bond acceptors (Lipinski definition) is 9. The predicted molar refractivity (Wildman–Crippen MR) is 79.3 cm³/mol. The molecule has 12 nitrogen and oxygen atoms in total. The summed E-state index contributed by atoms with van der Waals surface area (Å²) in [5.41, 5.74) is 6.52. The summed E-state index contributed by atoms with van der Waals surface area (Å²) < 4.78 is 12.0. The summed E-state index contributed by atoms with van der Waals surface area (Å²) in [6.07, 6.45) is -1.69. The van der Waals surface area contributed by atoms with Gasteiger partial charge in [0, 0.05) is 6.42 Å². The maximum atomic E-state index is 10.8. The SMILES string of the molecule is Nc1ncnc2c1ncn2[C@H]1C[C@H](O)[C@@H](COC(C(=O)O)C(=O)O)O1. The molecule has 0 aliphatic carbocycles. The summed E-state index contributed by atoms with van der Waals surface area (Å²) in [4.78, 5) is 33.6. The second-order valence-corrected chi connectivity index (χ2v) is 5.41. The van der Waals surface area contributed by atoms with Gasteiger partial charge in [-0.05, 0) is 0 Å². The molecule has 0 unspecified atom stereocenters. The smallest absolute Gasteiger partial charge is 0.344 e. The number of aliphatic carboxylic acids is 2. The van der Waals surface area contributed by atoms with E-state index in [1.165, 1.54) is 12.7 Å². The van der Waals surface area contributed by atoms with Crippen LogP contribution in [-0.4, -0.2) is 71.7 Å². The lowest BCUT2D eigenvalue weighted by atomic mass is 10.2. The Bertz CT molecular complexity index is 795. The molecule has 2 aromatic heterocycles. The number of aliphatic hydroxyl groups is 1. The van der Waals surface area contributed by atoms with Crippen molar-refractivity contribution >= 4 is 28.9 Å². The maximum absolute atomic E-state index is 10.8. The van der Waals surface area contributed by atoms with Crippen molar-refractivity contribution < 1.29 is 34.4 Å². The molecule has 1 saturated heterocycles. The quantitative estimate of drug-likeness (QED) is 0.448. The van der Waals surface area contributed by atoms with Gasteiger partial charge in [-0.15, -0.1) is 0 Å². The average molecular weight is 353 g/mol. The lowest BCUT2D eigenvalue weighted by Crippen LogP contribution is -2.37. The van der Waals surface area contributed by atoms with Gasteiger partial charge in [-0.1, -0.05) is 0 Å². The van der Waals surface area contributed by atoms with Crippen LogP contribution in [0.15, 0.2) is 12.7 Å².